The van der Waals surface area contributed by atoms with Crippen molar-refractivity contribution in [3.05, 3.63) is 113 Å². The van der Waals surface area contributed by atoms with E-state index in [1.54, 1.807) is 42.5 Å². The third-order valence-corrected chi connectivity index (χ3v) is 8.39. The Morgan fingerprint density at radius 3 is 2.39 bits per heavy atom. The predicted molar refractivity (Wildman–Crippen MR) is 169 cm³/mol. The van der Waals surface area contributed by atoms with E-state index in [0.717, 1.165) is 39.9 Å². The average molecular weight is 590 g/mol. The molecule has 10 nitrogen and oxygen atoms in total. The van der Waals surface area contributed by atoms with Crippen LogP contribution in [0.2, 0.25) is 0 Å². The molecule has 2 N–H and O–H groups in total. The first-order valence-corrected chi connectivity index (χ1v) is 14.7. The molecule has 3 heterocycles. The largest absolute Gasteiger partial charge is 0.338 e. The Bertz CT molecular complexity index is 1900. The van der Waals surface area contributed by atoms with Crippen molar-refractivity contribution in [1.29, 1.82) is 0 Å². The van der Waals surface area contributed by atoms with Crippen LogP contribution in [-0.4, -0.2) is 41.8 Å². The minimum atomic E-state index is -0.838. The minimum Gasteiger partial charge on any atom is -0.338 e. The lowest BCUT2D eigenvalue weighted by atomic mass is 9.90. The van der Waals surface area contributed by atoms with Gasteiger partial charge in [-0.1, -0.05) is 30.3 Å². The maximum Gasteiger partial charge on any atom is 0.270 e. The first-order valence-electron chi connectivity index (χ1n) is 14.7. The van der Waals surface area contributed by atoms with Gasteiger partial charge in [0.15, 0.2) is 0 Å². The molecule has 1 aliphatic rings. The van der Waals surface area contributed by atoms with E-state index in [1.807, 2.05) is 62.0 Å². The zero-order chi connectivity index (χ0) is 31.0. The number of aromatic nitrogens is 5. The normalized spacial score (nSPS) is 14.8. The Kier molecular flexibility index (Phi) is 7.73. The number of aryl methyl sites for hydroxylation is 3. The third-order valence-electron chi connectivity index (χ3n) is 8.39. The smallest absolute Gasteiger partial charge is 0.270 e. The Labute approximate surface area is 255 Å². The molecule has 0 bridgehead atoms. The number of anilines is 1. The molecule has 0 aliphatic heterocycles. The maximum absolute atomic E-state index is 14.0. The summed E-state index contributed by atoms with van der Waals surface area (Å²) in [6.07, 6.45) is 8.46. The van der Waals surface area contributed by atoms with E-state index in [2.05, 4.69) is 38.9 Å². The average Bonchev–Trinajstić information content (AvgIpc) is 3.75. The minimum absolute atomic E-state index is 0.0260. The van der Waals surface area contributed by atoms with Crippen molar-refractivity contribution in [3.63, 3.8) is 0 Å². The lowest BCUT2D eigenvalue weighted by Crippen LogP contribution is -2.47. The second kappa shape index (κ2) is 11.8. The van der Waals surface area contributed by atoms with Gasteiger partial charge in [0.2, 0.25) is 5.91 Å². The highest BCUT2D eigenvalue weighted by molar-refractivity contribution is 6.01. The van der Waals surface area contributed by atoms with Crippen LogP contribution in [0.1, 0.15) is 53.8 Å². The summed E-state index contributed by atoms with van der Waals surface area (Å²) >= 11 is 0. The standard InChI is InChI=1S/C34H35N7O3/c1-21(2)41-19-25(10-14-31(41)42)24-6-5-22-9-13-27(28(22)17-24)32(38-33(43)29-15-16-36-40(29)4)34(44)37-26-11-7-23(8-12-26)30-18-35-20-39(30)3/h5-8,10-12,14-21,27,32H,9,13H2,1-4H3,(H,37,44)(H,38,43). The molecular formula is C34H35N7O3. The summed E-state index contributed by atoms with van der Waals surface area (Å²) in [5.74, 6) is -0.928. The summed E-state index contributed by atoms with van der Waals surface area (Å²) in [6.45, 7) is 3.95. The lowest BCUT2D eigenvalue weighted by Gasteiger charge is -2.25. The summed E-state index contributed by atoms with van der Waals surface area (Å²) in [7, 11) is 3.63. The van der Waals surface area contributed by atoms with Crippen molar-refractivity contribution in [2.45, 2.75) is 44.7 Å². The molecule has 0 fully saturated rings. The Hall–Kier alpha value is -5.25. The quantitative estimate of drug-likeness (QED) is 0.272. The molecule has 0 saturated heterocycles. The van der Waals surface area contributed by atoms with Gasteiger partial charge in [0.1, 0.15) is 11.7 Å². The van der Waals surface area contributed by atoms with Gasteiger partial charge in [-0.25, -0.2) is 4.98 Å². The fourth-order valence-corrected chi connectivity index (χ4v) is 5.98. The number of hydrogen-bond donors (Lipinski definition) is 2. The summed E-state index contributed by atoms with van der Waals surface area (Å²) in [6, 6.07) is 18.0. The molecule has 0 saturated carbocycles. The SMILES string of the molecule is CC(C)n1cc(-c2ccc3c(c2)C(C(NC(=O)c2ccnn2C)C(=O)Nc2ccc(-c4cncn4C)cc2)CC3)ccc1=O. The fourth-order valence-electron chi connectivity index (χ4n) is 5.98. The fraction of sp³-hybridized carbons (Fsp3) is 0.265. The van der Waals surface area contributed by atoms with Gasteiger partial charge in [0.25, 0.3) is 11.5 Å². The molecule has 2 aromatic carbocycles. The third kappa shape index (κ3) is 5.58. The highest BCUT2D eigenvalue weighted by Gasteiger charge is 2.36. The van der Waals surface area contributed by atoms with Crippen LogP contribution in [0, 0.1) is 0 Å². The number of rotatable bonds is 8. The van der Waals surface area contributed by atoms with E-state index in [4.69, 9.17) is 0 Å². The van der Waals surface area contributed by atoms with E-state index >= 15 is 0 Å². The predicted octanol–water partition coefficient (Wildman–Crippen LogP) is 4.70. The number of carbonyl (C=O) groups excluding carboxylic acids is 2. The van der Waals surface area contributed by atoms with Crippen LogP contribution >= 0.6 is 0 Å². The summed E-state index contributed by atoms with van der Waals surface area (Å²) in [4.78, 5) is 43.9. The number of hydrogen-bond acceptors (Lipinski definition) is 5. The van der Waals surface area contributed by atoms with Crippen LogP contribution in [0.3, 0.4) is 0 Å². The van der Waals surface area contributed by atoms with Crippen LogP contribution in [0.15, 0.2) is 90.4 Å². The zero-order valence-corrected chi connectivity index (χ0v) is 25.2. The summed E-state index contributed by atoms with van der Waals surface area (Å²) in [5.41, 5.74) is 6.91. The molecule has 44 heavy (non-hydrogen) atoms. The zero-order valence-electron chi connectivity index (χ0n) is 25.2. The topological polar surface area (TPSA) is 116 Å². The first-order chi connectivity index (χ1) is 21.2. The molecule has 3 aromatic heterocycles. The van der Waals surface area contributed by atoms with E-state index < -0.39 is 6.04 Å². The molecule has 1 aliphatic carbocycles. The van der Waals surface area contributed by atoms with Gasteiger partial charge >= 0.3 is 0 Å². The van der Waals surface area contributed by atoms with Crippen LogP contribution < -0.4 is 16.2 Å². The number of carbonyl (C=O) groups is 2. The van der Waals surface area contributed by atoms with Gasteiger partial charge in [-0.2, -0.15) is 5.10 Å². The summed E-state index contributed by atoms with van der Waals surface area (Å²) < 4.78 is 5.14. The van der Waals surface area contributed by atoms with Crippen molar-refractivity contribution in [2.75, 3.05) is 5.32 Å². The van der Waals surface area contributed by atoms with Crippen LogP contribution in [0.4, 0.5) is 5.69 Å². The Morgan fingerprint density at radius 2 is 1.70 bits per heavy atom. The summed E-state index contributed by atoms with van der Waals surface area (Å²) in [5, 5.41) is 10.2. The van der Waals surface area contributed by atoms with E-state index in [0.29, 0.717) is 17.8 Å². The highest BCUT2D eigenvalue weighted by atomic mass is 16.2. The van der Waals surface area contributed by atoms with E-state index in [1.165, 1.54) is 4.68 Å². The molecule has 6 rings (SSSR count). The monoisotopic (exact) mass is 589 g/mol. The van der Waals surface area contributed by atoms with Crippen molar-refractivity contribution < 1.29 is 9.59 Å². The van der Waals surface area contributed by atoms with Crippen LogP contribution in [0.5, 0.6) is 0 Å². The molecule has 2 atom stereocenters. The second-order valence-corrected chi connectivity index (χ2v) is 11.6. The van der Waals surface area contributed by atoms with E-state index in [9.17, 15) is 14.4 Å². The number of pyridine rings is 1. The first kappa shape index (κ1) is 28.9. The Balaban J connectivity index is 1.32. The maximum atomic E-state index is 14.0. The molecule has 224 valence electrons. The molecule has 2 amide bonds. The second-order valence-electron chi connectivity index (χ2n) is 11.6. The Morgan fingerprint density at radius 1 is 0.955 bits per heavy atom. The number of amides is 2. The number of imidazole rings is 1. The van der Waals surface area contributed by atoms with Crippen molar-refractivity contribution >= 4 is 17.5 Å². The van der Waals surface area contributed by atoms with Gasteiger partial charge in [0, 0.05) is 50.2 Å². The molecule has 5 aromatic rings. The van der Waals surface area contributed by atoms with Crippen LogP contribution in [0.25, 0.3) is 22.4 Å². The molecule has 0 spiro atoms. The van der Waals surface area contributed by atoms with Gasteiger partial charge in [-0.15, -0.1) is 0 Å². The van der Waals surface area contributed by atoms with Gasteiger partial charge in [-0.3, -0.25) is 19.1 Å². The van der Waals surface area contributed by atoms with E-state index in [-0.39, 0.29) is 29.3 Å². The van der Waals surface area contributed by atoms with Gasteiger partial charge in [0.05, 0.1) is 18.2 Å². The van der Waals surface area contributed by atoms with Gasteiger partial charge in [-0.05, 0) is 78.8 Å². The highest BCUT2D eigenvalue weighted by Crippen LogP contribution is 2.38. The van der Waals surface area contributed by atoms with Crippen molar-refractivity contribution in [3.8, 4) is 22.4 Å². The molecule has 10 heteroatoms. The van der Waals surface area contributed by atoms with Crippen molar-refractivity contribution in [2.24, 2.45) is 14.1 Å². The number of benzene rings is 2. The number of nitrogens with zero attached hydrogens (tertiary/aromatic N) is 5. The van der Waals surface area contributed by atoms with Crippen molar-refractivity contribution in [1.82, 2.24) is 29.2 Å². The molecule has 2 unspecified atom stereocenters. The number of nitrogens with one attached hydrogen (secondary N) is 2. The number of fused-ring (bicyclic) bond motifs is 1. The van der Waals surface area contributed by atoms with Gasteiger partial charge < -0.3 is 19.8 Å². The molecular weight excluding hydrogens is 554 g/mol. The van der Waals surface area contributed by atoms with Crippen LogP contribution in [-0.2, 0) is 25.3 Å². The molecule has 0 radical (unpaired) electrons. The lowest BCUT2D eigenvalue weighted by molar-refractivity contribution is -0.118.